The Morgan fingerprint density at radius 1 is 1.45 bits per heavy atom. The monoisotopic (exact) mass is 340 g/mol. The standard InChI is InChI=1S/C15H21BrN2O2/c1-9-4-5-13(16)12(6-9)7-14-11(3)15(18(19)20)10(2)8-17-14/h8-9,12-13H,4-7H2,1-3H3. The zero-order valence-corrected chi connectivity index (χ0v) is 13.8. The molecule has 110 valence electrons. The minimum atomic E-state index is -0.287. The zero-order chi connectivity index (χ0) is 14.9. The Morgan fingerprint density at radius 2 is 2.15 bits per heavy atom. The van der Waals surface area contributed by atoms with Crippen LogP contribution >= 0.6 is 15.9 Å². The van der Waals surface area contributed by atoms with Crippen molar-refractivity contribution in [2.24, 2.45) is 11.8 Å². The van der Waals surface area contributed by atoms with E-state index in [0.29, 0.717) is 16.3 Å². The molecule has 4 nitrogen and oxygen atoms in total. The fourth-order valence-electron chi connectivity index (χ4n) is 3.17. The van der Waals surface area contributed by atoms with Crippen molar-refractivity contribution in [2.45, 2.75) is 51.3 Å². The molecular weight excluding hydrogens is 320 g/mol. The second-order valence-corrected chi connectivity index (χ2v) is 7.19. The number of halogens is 1. The molecule has 2 rings (SSSR count). The molecule has 3 unspecified atom stereocenters. The number of hydrogen-bond donors (Lipinski definition) is 0. The van der Waals surface area contributed by atoms with Crippen LogP contribution in [0.3, 0.4) is 0 Å². The lowest BCUT2D eigenvalue weighted by Crippen LogP contribution is -2.26. The molecule has 1 aromatic heterocycles. The summed E-state index contributed by atoms with van der Waals surface area (Å²) < 4.78 is 0. The van der Waals surface area contributed by atoms with E-state index >= 15 is 0 Å². The summed E-state index contributed by atoms with van der Waals surface area (Å²) in [5.41, 5.74) is 2.48. The van der Waals surface area contributed by atoms with Crippen molar-refractivity contribution in [3.05, 3.63) is 33.1 Å². The fourth-order valence-corrected chi connectivity index (χ4v) is 3.84. The number of aromatic nitrogens is 1. The molecule has 1 aromatic rings. The molecule has 5 heteroatoms. The molecular formula is C15H21BrN2O2. The van der Waals surface area contributed by atoms with Gasteiger partial charge >= 0.3 is 0 Å². The first-order valence-electron chi connectivity index (χ1n) is 7.13. The third-order valence-corrected chi connectivity index (χ3v) is 5.57. The molecule has 1 aliphatic rings. The average Bonchev–Trinajstić information content (AvgIpc) is 2.37. The van der Waals surface area contributed by atoms with Crippen LogP contribution < -0.4 is 0 Å². The third-order valence-electron chi connectivity index (χ3n) is 4.37. The molecule has 1 aliphatic carbocycles. The van der Waals surface area contributed by atoms with Gasteiger partial charge in [0.05, 0.1) is 10.6 Å². The summed E-state index contributed by atoms with van der Waals surface area (Å²) in [6.07, 6.45) is 6.06. The van der Waals surface area contributed by atoms with Crippen LogP contribution in [-0.2, 0) is 6.42 Å². The number of nitrogens with zero attached hydrogens (tertiary/aromatic N) is 2. The van der Waals surface area contributed by atoms with Gasteiger partial charge in [0.1, 0.15) is 0 Å². The quantitative estimate of drug-likeness (QED) is 0.467. The molecule has 3 atom stereocenters. The largest absolute Gasteiger partial charge is 0.278 e. The number of aryl methyl sites for hydroxylation is 1. The Labute approximate surface area is 128 Å². The van der Waals surface area contributed by atoms with E-state index in [1.165, 1.54) is 19.3 Å². The Morgan fingerprint density at radius 3 is 2.80 bits per heavy atom. The Balaban J connectivity index is 2.25. The second kappa shape index (κ2) is 6.20. The van der Waals surface area contributed by atoms with Crippen molar-refractivity contribution in [3.63, 3.8) is 0 Å². The predicted molar refractivity (Wildman–Crippen MR) is 83.3 cm³/mol. The van der Waals surface area contributed by atoms with Crippen LogP contribution in [0.5, 0.6) is 0 Å². The van der Waals surface area contributed by atoms with Gasteiger partial charge in [0.25, 0.3) is 5.69 Å². The van der Waals surface area contributed by atoms with Crippen molar-refractivity contribution in [1.29, 1.82) is 0 Å². The van der Waals surface area contributed by atoms with Crippen LogP contribution in [-0.4, -0.2) is 14.7 Å². The van der Waals surface area contributed by atoms with Crippen molar-refractivity contribution in [1.82, 2.24) is 4.98 Å². The van der Waals surface area contributed by atoms with Crippen LogP contribution in [0.1, 0.15) is 43.0 Å². The van der Waals surface area contributed by atoms with Gasteiger partial charge in [0, 0.05) is 22.2 Å². The van der Waals surface area contributed by atoms with Crippen LogP contribution in [0.2, 0.25) is 0 Å². The first kappa shape index (κ1) is 15.4. The number of nitro groups is 1. The van der Waals surface area contributed by atoms with Gasteiger partial charge in [-0.2, -0.15) is 0 Å². The smallest absolute Gasteiger partial charge is 0.260 e. The SMILES string of the molecule is Cc1cnc(CC2CC(C)CCC2Br)c(C)c1[N+](=O)[O-]. The van der Waals surface area contributed by atoms with Gasteiger partial charge in [-0.25, -0.2) is 0 Å². The highest BCUT2D eigenvalue weighted by Crippen LogP contribution is 2.36. The predicted octanol–water partition coefficient (Wildman–Crippen LogP) is 4.35. The molecule has 1 heterocycles. The molecule has 20 heavy (non-hydrogen) atoms. The van der Waals surface area contributed by atoms with Gasteiger partial charge in [-0.15, -0.1) is 0 Å². The Kier molecular flexibility index (Phi) is 4.78. The summed E-state index contributed by atoms with van der Waals surface area (Å²) in [4.78, 5) is 15.8. The number of hydrogen-bond acceptors (Lipinski definition) is 3. The van der Waals surface area contributed by atoms with E-state index in [1.54, 1.807) is 13.1 Å². The van der Waals surface area contributed by atoms with Crippen molar-refractivity contribution < 1.29 is 4.92 Å². The van der Waals surface area contributed by atoms with Crippen LogP contribution in [0, 0.1) is 35.8 Å². The summed E-state index contributed by atoms with van der Waals surface area (Å²) in [5.74, 6) is 1.25. The normalized spacial score (nSPS) is 26.5. The van der Waals surface area contributed by atoms with E-state index in [0.717, 1.165) is 23.6 Å². The molecule has 0 radical (unpaired) electrons. The van der Waals surface area contributed by atoms with E-state index in [9.17, 15) is 10.1 Å². The summed E-state index contributed by atoms with van der Waals surface area (Å²) in [5, 5.41) is 11.2. The first-order valence-corrected chi connectivity index (χ1v) is 8.05. The minimum Gasteiger partial charge on any atom is -0.260 e. The Hall–Kier alpha value is -0.970. The third kappa shape index (κ3) is 3.19. The van der Waals surface area contributed by atoms with E-state index in [-0.39, 0.29) is 10.6 Å². The van der Waals surface area contributed by atoms with Gasteiger partial charge in [-0.3, -0.25) is 15.1 Å². The molecule has 0 saturated heterocycles. The highest BCUT2D eigenvalue weighted by molar-refractivity contribution is 9.09. The molecule has 1 saturated carbocycles. The zero-order valence-electron chi connectivity index (χ0n) is 12.2. The van der Waals surface area contributed by atoms with Gasteiger partial charge in [-0.1, -0.05) is 22.9 Å². The topological polar surface area (TPSA) is 56.0 Å². The van der Waals surface area contributed by atoms with Crippen LogP contribution in [0.4, 0.5) is 5.69 Å². The molecule has 0 aliphatic heterocycles. The average molecular weight is 341 g/mol. The van der Waals surface area contributed by atoms with Gasteiger partial charge in [-0.05, 0) is 51.4 Å². The maximum Gasteiger partial charge on any atom is 0.278 e. The summed E-state index contributed by atoms with van der Waals surface area (Å²) in [6, 6.07) is 0. The Bertz CT molecular complexity index is 519. The lowest BCUT2D eigenvalue weighted by atomic mass is 9.79. The summed E-state index contributed by atoms with van der Waals surface area (Å²) >= 11 is 3.76. The van der Waals surface area contributed by atoms with Gasteiger partial charge in [0.2, 0.25) is 0 Å². The lowest BCUT2D eigenvalue weighted by Gasteiger charge is -2.31. The molecule has 1 fully saturated rings. The summed E-state index contributed by atoms with van der Waals surface area (Å²) in [6.45, 7) is 5.85. The van der Waals surface area contributed by atoms with E-state index in [2.05, 4.69) is 27.8 Å². The van der Waals surface area contributed by atoms with E-state index in [4.69, 9.17) is 0 Å². The van der Waals surface area contributed by atoms with Crippen molar-refractivity contribution in [3.8, 4) is 0 Å². The number of rotatable bonds is 3. The van der Waals surface area contributed by atoms with Crippen LogP contribution in [0.25, 0.3) is 0 Å². The number of alkyl halides is 1. The van der Waals surface area contributed by atoms with Crippen molar-refractivity contribution >= 4 is 21.6 Å². The number of pyridine rings is 1. The summed E-state index contributed by atoms with van der Waals surface area (Å²) in [7, 11) is 0. The van der Waals surface area contributed by atoms with Crippen molar-refractivity contribution in [2.75, 3.05) is 0 Å². The lowest BCUT2D eigenvalue weighted by molar-refractivity contribution is -0.386. The highest BCUT2D eigenvalue weighted by atomic mass is 79.9. The first-order chi connectivity index (χ1) is 9.40. The van der Waals surface area contributed by atoms with Gasteiger partial charge < -0.3 is 0 Å². The molecule has 0 aromatic carbocycles. The van der Waals surface area contributed by atoms with Crippen LogP contribution in [0.15, 0.2) is 6.20 Å². The second-order valence-electron chi connectivity index (χ2n) is 6.02. The maximum absolute atomic E-state index is 11.2. The molecule has 0 amide bonds. The molecule has 0 bridgehead atoms. The van der Waals surface area contributed by atoms with Gasteiger partial charge in [0.15, 0.2) is 0 Å². The molecule has 0 N–H and O–H groups in total. The highest BCUT2D eigenvalue weighted by Gasteiger charge is 2.29. The van der Waals surface area contributed by atoms with E-state index < -0.39 is 0 Å². The fraction of sp³-hybridized carbons (Fsp3) is 0.667. The van der Waals surface area contributed by atoms with E-state index in [1.807, 2.05) is 6.92 Å². The molecule has 0 spiro atoms. The maximum atomic E-state index is 11.2. The minimum absolute atomic E-state index is 0.227.